The first-order chi connectivity index (χ1) is 14.5. The van der Waals surface area contributed by atoms with Gasteiger partial charge in [-0.05, 0) is 55.2 Å². The summed E-state index contributed by atoms with van der Waals surface area (Å²) in [4.78, 5) is 28.7. The first-order valence-electron chi connectivity index (χ1n) is 10.5. The van der Waals surface area contributed by atoms with Crippen molar-refractivity contribution in [2.45, 2.75) is 27.2 Å². The number of piperazine rings is 1. The summed E-state index contributed by atoms with van der Waals surface area (Å²) in [5, 5.41) is 3.00. The molecule has 1 fully saturated rings. The number of aryl methyl sites for hydroxylation is 2. The molecule has 160 valence electrons. The van der Waals surface area contributed by atoms with Gasteiger partial charge in [-0.3, -0.25) is 14.5 Å². The Morgan fingerprint density at radius 3 is 2.37 bits per heavy atom. The summed E-state index contributed by atoms with van der Waals surface area (Å²) < 4.78 is 5.63. The van der Waals surface area contributed by atoms with Gasteiger partial charge in [0.25, 0.3) is 5.91 Å². The molecule has 1 heterocycles. The Hall–Kier alpha value is -2.86. The lowest BCUT2D eigenvalue weighted by molar-refractivity contribution is -0.135. The first kappa shape index (κ1) is 21.8. The van der Waals surface area contributed by atoms with E-state index in [-0.39, 0.29) is 18.4 Å². The number of carbonyl (C=O) groups is 2. The van der Waals surface area contributed by atoms with E-state index in [2.05, 4.69) is 17.1 Å². The molecule has 0 saturated carbocycles. The molecule has 0 atom stereocenters. The normalized spacial score (nSPS) is 14.4. The molecule has 2 aromatic rings. The van der Waals surface area contributed by atoms with Crippen LogP contribution >= 0.6 is 0 Å². The summed E-state index contributed by atoms with van der Waals surface area (Å²) in [6, 6.07) is 13.7. The molecule has 0 bridgehead atoms. The summed E-state index contributed by atoms with van der Waals surface area (Å²) in [6.07, 6.45) is 0.978. The third-order valence-electron chi connectivity index (χ3n) is 5.66. The van der Waals surface area contributed by atoms with E-state index in [9.17, 15) is 9.59 Å². The van der Waals surface area contributed by atoms with E-state index in [1.54, 1.807) is 4.90 Å². The molecular formula is C24H31N3O3. The predicted octanol–water partition coefficient (Wildman–Crippen LogP) is 3.03. The third-order valence-corrected chi connectivity index (χ3v) is 5.66. The van der Waals surface area contributed by atoms with Gasteiger partial charge in [0.2, 0.25) is 5.91 Å². The number of hydrogen-bond donors (Lipinski definition) is 1. The van der Waals surface area contributed by atoms with Crippen LogP contribution in [0.1, 0.15) is 23.6 Å². The van der Waals surface area contributed by atoms with Gasteiger partial charge in [-0.1, -0.05) is 31.2 Å². The lowest BCUT2D eigenvalue weighted by Crippen LogP contribution is -2.51. The van der Waals surface area contributed by atoms with Gasteiger partial charge in [0, 0.05) is 31.9 Å². The molecule has 2 aromatic carbocycles. The molecule has 2 amide bonds. The Morgan fingerprint density at radius 1 is 1.00 bits per heavy atom. The van der Waals surface area contributed by atoms with Crippen molar-refractivity contribution >= 4 is 17.5 Å². The standard InChI is InChI=1S/C24H31N3O3/c1-4-20-8-10-21(11-9-20)30-17-24(29)27-14-12-26(13-15-27)16-23(28)25-22-7-5-6-18(2)19(22)3/h5-11H,4,12-17H2,1-3H3,(H,25,28). The topological polar surface area (TPSA) is 61.9 Å². The Bertz CT molecular complexity index is 872. The maximum Gasteiger partial charge on any atom is 0.260 e. The number of rotatable bonds is 7. The zero-order chi connectivity index (χ0) is 21.5. The van der Waals surface area contributed by atoms with Crippen molar-refractivity contribution in [1.82, 2.24) is 9.80 Å². The molecule has 0 aliphatic carbocycles. The highest BCUT2D eigenvalue weighted by molar-refractivity contribution is 5.93. The maximum atomic E-state index is 12.4. The number of hydrogen-bond acceptors (Lipinski definition) is 4. The van der Waals surface area contributed by atoms with Crippen LogP contribution in [0.25, 0.3) is 0 Å². The molecule has 0 aromatic heterocycles. The highest BCUT2D eigenvalue weighted by atomic mass is 16.5. The Labute approximate surface area is 178 Å². The van der Waals surface area contributed by atoms with E-state index in [0.717, 1.165) is 23.2 Å². The Kier molecular flexibility index (Phi) is 7.46. The summed E-state index contributed by atoms with van der Waals surface area (Å²) >= 11 is 0. The second-order valence-electron chi connectivity index (χ2n) is 7.74. The van der Waals surface area contributed by atoms with Gasteiger partial charge in [0.1, 0.15) is 5.75 Å². The molecule has 1 N–H and O–H groups in total. The zero-order valence-corrected chi connectivity index (χ0v) is 18.1. The maximum absolute atomic E-state index is 12.4. The van der Waals surface area contributed by atoms with Crippen LogP contribution in [0.15, 0.2) is 42.5 Å². The van der Waals surface area contributed by atoms with Crippen molar-refractivity contribution in [2.75, 3.05) is 44.6 Å². The van der Waals surface area contributed by atoms with Crippen LogP contribution < -0.4 is 10.1 Å². The van der Waals surface area contributed by atoms with Gasteiger partial charge in [-0.2, -0.15) is 0 Å². The molecule has 30 heavy (non-hydrogen) atoms. The average molecular weight is 410 g/mol. The molecule has 0 unspecified atom stereocenters. The second kappa shape index (κ2) is 10.3. The van der Waals surface area contributed by atoms with E-state index < -0.39 is 0 Å². The Morgan fingerprint density at radius 2 is 1.70 bits per heavy atom. The van der Waals surface area contributed by atoms with E-state index in [0.29, 0.717) is 38.5 Å². The van der Waals surface area contributed by atoms with Crippen LogP contribution in [0.4, 0.5) is 5.69 Å². The average Bonchev–Trinajstić information content (AvgIpc) is 2.76. The van der Waals surface area contributed by atoms with Crippen LogP contribution in [0.3, 0.4) is 0 Å². The molecule has 6 nitrogen and oxygen atoms in total. The van der Waals surface area contributed by atoms with Crippen molar-refractivity contribution in [3.8, 4) is 5.75 Å². The van der Waals surface area contributed by atoms with Gasteiger partial charge in [0.05, 0.1) is 6.54 Å². The van der Waals surface area contributed by atoms with E-state index in [1.165, 1.54) is 5.56 Å². The molecule has 0 spiro atoms. The number of carbonyl (C=O) groups excluding carboxylic acids is 2. The number of nitrogens with zero attached hydrogens (tertiary/aromatic N) is 2. The van der Waals surface area contributed by atoms with Gasteiger partial charge >= 0.3 is 0 Å². The van der Waals surface area contributed by atoms with Gasteiger partial charge in [-0.15, -0.1) is 0 Å². The zero-order valence-electron chi connectivity index (χ0n) is 18.1. The fourth-order valence-electron chi connectivity index (χ4n) is 3.49. The third kappa shape index (κ3) is 5.83. The minimum absolute atomic E-state index is 0.0194. The lowest BCUT2D eigenvalue weighted by Gasteiger charge is -2.34. The first-order valence-corrected chi connectivity index (χ1v) is 10.5. The van der Waals surface area contributed by atoms with Crippen molar-refractivity contribution in [2.24, 2.45) is 0 Å². The fourth-order valence-corrected chi connectivity index (χ4v) is 3.49. The summed E-state index contributed by atoms with van der Waals surface area (Å²) in [6.45, 7) is 9.08. The van der Waals surface area contributed by atoms with E-state index >= 15 is 0 Å². The van der Waals surface area contributed by atoms with Gasteiger partial charge in [0.15, 0.2) is 6.61 Å². The SMILES string of the molecule is CCc1ccc(OCC(=O)N2CCN(CC(=O)Nc3cccc(C)c3C)CC2)cc1. The molecular weight excluding hydrogens is 378 g/mol. The number of benzene rings is 2. The van der Waals surface area contributed by atoms with Crippen molar-refractivity contribution in [3.63, 3.8) is 0 Å². The van der Waals surface area contributed by atoms with Crippen molar-refractivity contribution < 1.29 is 14.3 Å². The van der Waals surface area contributed by atoms with E-state index in [1.807, 2.05) is 56.3 Å². The molecule has 3 rings (SSSR count). The van der Waals surface area contributed by atoms with Gasteiger partial charge in [-0.25, -0.2) is 0 Å². The van der Waals surface area contributed by atoms with Crippen LogP contribution in [-0.4, -0.2) is 60.9 Å². The molecule has 1 aliphatic heterocycles. The summed E-state index contributed by atoms with van der Waals surface area (Å²) in [5.74, 6) is 0.665. The Balaban J connectivity index is 1.40. The minimum Gasteiger partial charge on any atom is -0.484 e. The largest absolute Gasteiger partial charge is 0.484 e. The minimum atomic E-state index is -0.0256. The number of amides is 2. The van der Waals surface area contributed by atoms with E-state index in [4.69, 9.17) is 4.74 Å². The summed E-state index contributed by atoms with van der Waals surface area (Å²) in [5.41, 5.74) is 4.35. The fraction of sp³-hybridized carbons (Fsp3) is 0.417. The van der Waals surface area contributed by atoms with Crippen LogP contribution in [0, 0.1) is 13.8 Å². The highest BCUT2D eigenvalue weighted by Gasteiger charge is 2.23. The predicted molar refractivity (Wildman–Crippen MR) is 119 cm³/mol. The molecule has 0 radical (unpaired) electrons. The van der Waals surface area contributed by atoms with Crippen LogP contribution in [0.5, 0.6) is 5.75 Å². The monoisotopic (exact) mass is 409 g/mol. The number of nitrogens with one attached hydrogen (secondary N) is 1. The number of anilines is 1. The van der Waals surface area contributed by atoms with Crippen LogP contribution in [0.2, 0.25) is 0 Å². The second-order valence-corrected chi connectivity index (χ2v) is 7.74. The quantitative estimate of drug-likeness (QED) is 0.764. The van der Waals surface area contributed by atoms with Crippen molar-refractivity contribution in [3.05, 3.63) is 59.2 Å². The van der Waals surface area contributed by atoms with Gasteiger partial charge < -0.3 is 15.0 Å². The number of ether oxygens (including phenoxy) is 1. The highest BCUT2D eigenvalue weighted by Crippen LogP contribution is 2.18. The summed E-state index contributed by atoms with van der Waals surface area (Å²) in [7, 11) is 0. The smallest absolute Gasteiger partial charge is 0.260 e. The lowest BCUT2D eigenvalue weighted by atomic mass is 10.1. The molecule has 1 saturated heterocycles. The molecule has 6 heteroatoms. The molecule has 1 aliphatic rings. The van der Waals surface area contributed by atoms with Crippen LogP contribution in [-0.2, 0) is 16.0 Å². The van der Waals surface area contributed by atoms with Crippen molar-refractivity contribution in [1.29, 1.82) is 0 Å².